The van der Waals surface area contributed by atoms with Crippen molar-refractivity contribution < 1.29 is 14.3 Å². The van der Waals surface area contributed by atoms with Gasteiger partial charge in [0.05, 0.1) is 5.75 Å². The summed E-state index contributed by atoms with van der Waals surface area (Å²) >= 11 is 5.00. The van der Waals surface area contributed by atoms with Gasteiger partial charge in [0.2, 0.25) is 0 Å². The van der Waals surface area contributed by atoms with E-state index in [0.717, 1.165) is 31.3 Å². The largest absolute Gasteiger partial charge is 0.457 e. The van der Waals surface area contributed by atoms with Crippen LogP contribution in [0.1, 0.15) is 10.4 Å². The van der Waals surface area contributed by atoms with Gasteiger partial charge >= 0.3 is 5.97 Å². The quantitative estimate of drug-likeness (QED) is 0.162. The molecule has 0 radical (unpaired) electrons. The molecule has 0 heterocycles. The molecule has 0 spiro atoms. The van der Waals surface area contributed by atoms with Gasteiger partial charge in [0.25, 0.3) is 0 Å². The van der Waals surface area contributed by atoms with Crippen LogP contribution in [0, 0.1) is 0 Å². The molecule has 4 aromatic carbocycles. The monoisotopic (exact) mass is 490 g/mol. The highest BCUT2D eigenvalue weighted by atomic mass is 79.9. The third-order valence-corrected chi connectivity index (χ3v) is 7.00. The van der Waals surface area contributed by atoms with Crippen molar-refractivity contribution in [3.63, 3.8) is 0 Å². The van der Waals surface area contributed by atoms with Gasteiger partial charge in [-0.05, 0) is 43.9 Å². The minimum Gasteiger partial charge on any atom is -0.457 e. The maximum atomic E-state index is 12.4. The Bertz CT molecular complexity index is 1220. The zero-order chi connectivity index (χ0) is 21.6. The molecular formula is C26H19BrO3S. The highest BCUT2D eigenvalue weighted by Crippen LogP contribution is 2.34. The summed E-state index contributed by atoms with van der Waals surface area (Å²) in [5, 5.41) is 2.22. The van der Waals surface area contributed by atoms with Crippen LogP contribution in [-0.2, 0) is 9.53 Å². The summed E-state index contributed by atoms with van der Waals surface area (Å²) in [6.45, 7) is -0.261. The smallest absolute Gasteiger partial charge is 0.316 e. The topological polar surface area (TPSA) is 43.4 Å². The molecule has 4 aromatic rings. The molecule has 4 rings (SSSR count). The Kier molecular flexibility index (Phi) is 6.85. The van der Waals surface area contributed by atoms with Crippen molar-refractivity contribution in [2.24, 2.45) is 0 Å². The average molecular weight is 491 g/mol. The number of benzene rings is 4. The van der Waals surface area contributed by atoms with Crippen LogP contribution in [0.15, 0.2) is 100 Å². The Hall–Kier alpha value is -2.89. The first-order valence-corrected chi connectivity index (χ1v) is 11.5. The van der Waals surface area contributed by atoms with Crippen molar-refractivity contribution in [3.8, 4) is 11.1 Å². The minimum absolute atomic E-state index is 0.136. The first-order chi connectivity index (χ1) is 15.1. The number of ether oxygens (including phenoxy) is 1. The Labute approximate surface area is 193 Å². The maximum Gasteiger partial charge on any atom is 0.316 e. The van der Waals surface area contributed by atoms with E-state index >= 15 is 0 Å². The number of hydrogen-bond acceptors (Lipinski definition) is 4. The van der Waals surface area contributed by atoms with Crippen LogP contribution in [0.25, 0.3) is 21.9 Å². The molecule has 0 aromatic heterocycles. The lowest BCUT2D eigenvalue weighted by atomic mass is 10.0. The molecule has 0 amide bonds. The summed E-state index contributed by atoms with van der Waals surface area (Å²) in [5.41, 5.74) is 2.65. The molecule has 3 nitrogen and oxygen atoms in total. The molecule has 0 atom stereocenters. The van der Waals surface area contributed by atoms with Gasteiger partial charge in [-0.15, -0.1) is 11.8 Å². The van der Waals surface area contributed by atoms with E-state index in [1.54, 1.807) is 12.1 Å². The Morgan fingerprint density at radius 1 is 0.774 bits per heavy atom. The predicted octanol–water partition coefficient (Wildman–Crippen LogP) is 6.79. The molecule has 0 unspecified atom stereocenters. The lowest BCUT2D eigenvalue weighted by molar-refractivity contribution is -0.139. The van der Waals surface area contributed by atoms with Crippen molar-refractivity contribution in [2.75, 3.05) is 12.4 Å². The molecule has 0 saturated carbocycles. The number of hydrogen-bond donors (Lipinski definition) is 0. The van der Waals surface area contributed by atoms with Crippen molar-refractivity contribution in [1.29, 1.82) is 0 Å². The van der Waals surface area contributed by atoms with Crippen molar-refractivity contribution in [2.45, 2.75) is 4.90 Å². The molecule has 0 bridgehead atoms. The van der Waals surface area contributed by atoms with Gasteiger partial charge in [0, 0.05) is 14.9 Å². The highest BCUT2D eigenvalue weighted by Gasteiger charge is 2.12. The van der Waals surface area contributed by atoms with Crippen molar-refractivity contribution >= 4 is 50.2 Å². The standard InChI is InChI=1S/C26H19BrO3S/c27-26-22-9-5-4-8-20(22)14-15-24(26)31-17-25(29)30-16-23(28)21-12-10-19(11-13-21)18-6-2-1-3-7-18/h1-15H,16-17H2. The van der Waals surface area contributed by atoms with E-state index in [0.29, 0.717) is 5.56 Å². The molecule has 0 aliphatic rings. The summed E-state index contributed by atoms with van der Waals surface area (Å²) in [7, 11) is 0. The van der Waals surface area contributed by atoms with E-state index in [1.165, 1.54) is 11.8 Å². The van der Waals surface area contributed by atoms with Gasteiger partial charge in [0.1, 0.15) is 0 Å². The molecule has 0 saturated heterocycles. The highest BCUT2D eigenvalue weighted by molar-refractivity contribution is 9.10. The zero-order valence-corrected chi connectivity index (χ0v) is 19.0. The van der Waals surface area contributed by atoms with Crippen molar-refractivity contribution in [1.82, 2.24) is 0 Å². The number of ketones is 1. The molecule has 5 heteroatoms. The zero-order valence-electron chi connectivity index (χ0n) is 16.6. The minimum atomic E-state index is -0.417. The molecule has 0 aliphatic heterocycles. The number of halogens is 1. The average Bonchev–Trinajstić information content (AvgIpc) is 2.83. The molecular weight excluding hydrogens is 472 g/mol. The normalized spacial score (nSPS) is 10.7. The first-order valence-electron chi connectivity index (χ1n) is 9.76. The summed E-state index contributed by atoms with van der Waals surface area (Å²) in [6.07, 6.45) is 0. The maximum absolute atomic E-state index is 12.4. The number of rotatable bonds is 7. The summed E-state index contributed by atoms with van der Waals surface area (Å²) in [6, 6.07) is 29.3. The van der Waals surface area contributed by atoms with E-state index in [9.17, 15) is 9.59 Å². The number of carbonyl (C=O) groups excluding carboxylic acids is 2. The fraction of sp³-hybridized carbons (Fsp3) is 0.0769. The van der Waals surface area contributed by atoms with Crippen LogP contribution < -0.4 is 0 Å². The van der Waals surface area contributed by atoms with Crippen LogP contribution in [0.5, 0.6) is 0 Å². The van der Waals surface area contributed by atoms with Gasteiger partial charge in [-0.3, -0.25) is 9.59 Å². The number of carbonyl (C=O) groups is 2. The fourth-order valence-corrected chi connectivity index (χ4v) is 4.81. The van der Waals surface area contributed by atoms with Crippen LogP contribution in [0.4, 0.5) is 0 Å². The van der Waals surface area contributed by atoms with Crippen molar-refractivity contribution in [3.05, 3.63) is 101 Å². The fourth-order valence-electron chi connectivity index (χ4n) is 3.21. The van der Waals surface area contributed by atoms with Crippen LogP contribution in [0.3, 0.4) is 0 Å². The van der Waals surface area contributed by atoms with Gasteiger partial charge in [0.15, 0.2) is 12.4 Å². The first kappa shape index (κ1) is 21.3. The molecule has 0 N–H and O–H groups in total. The predicted molar refractivity (Wildman–Crippen MR) is 130 cm³/mol. The van der Waals surface area contributed by atoms with Gasteiger partial charge < -0.3 is 4.74 Å². The van der Waals surface area contributed by atoms with Gasteiger partial charge in [-0.1, -0.05) is 84.9 Å². The number of fused-ring (bicyclic) bond motifs is 1. The number of esters is 1. The molecule has 0 fully saturated rings. The second-order valence-corrected chi connectivity index (χ2v) is 8.72. The second-order valence-electron chi connectivity index (χ2n) is 6.91. The third-order valence-electron chi connectivity index (χ3n) is 4.85. The SMILES string of the molecule is O=C(CSc1ccc2ccccc2c1Br)OCC(=O)c1ccc(-c2ccccc2)cc1. The number of thioether (sulfide) groups is 1. The summed E-state index contributed by atoms with van der Waals surface area (Å²) in [5.74, 6) is -0.499. The third kappa shape index (κ3) is 5.24. The molecule has 154 valence electrons. The number of Topliss-reactive ketones (excluding diaryl/α,β-unsaturated/α-hetero) is 1. The van der Waals surface area contributed by atoms with Crippen LogP contribution >= 0.6 is 27.7 Å². The molecule has 31 heavy (non-hydrogen) atoms. The summed E-state index contributed by atoms with van der Waals surface area (Å²) < 4.78 is 6.15. The Morgan fingerprint density at radius 2 is 1.45 bits per heavy atom. The molecule has 0 aliphatic carbocycles. The van der Waals surface area contributed by atoms with E-state index in [4.69, 9.17) is 4.74 Å². The lowest BCUT2D eigenvalue weighted by Crippen LogP contribution is -2.15. The van der Waals surface area contributed by atoms with Gasteiger partial charge in [-0.2, -0.15) is 0 Å². The van der Waals surface area contributed by atoms with E-state index in [2.05, 4.69) is 15.9 Å². The Morgan fingerprint density at radius 3 is 2.23 bits per heavy atom. The van der Waals surface area contributed by atoms with E-state index < -0.39 is 5.97 Å². The lowest BCUT2D eigenvalue weighted by Gasteiger charge is -2.08. The van der Waals surface area contributed by atoms with Crippen LogP contribution in [0.2, 0.25) is 0 Å². The second kappa shape index (κ2) is 9.94. The van der Waals surface area contributed by atoms with Gasteiger partial charge in [-0.25, -0.2) is 0 Å². The van der Waals surface area contributed by atoms with Crippen LogP contribution in [-0.4, -0.2) is 24.1 Å². The van der Waals surface area contributed by atoms with E-state index in [-0.39, 0.29) is 18.1 Å². The summed E-state index contributed by atoms with van der Waals surface area (Å²) in [4.78, 5) is 25.5. The van der Waals surface area contributed by atoms with E-state index in [1.807, 2.05) is 78.9 Å². The Balaban J connectivity index is 1.31.